The number of carbonyl (C=O) groups excluding carboxylic acids is 3. The number of amides is 3. The van der Waals surface area contributed by atoms with Gasteiger partial charge in [0.2, 0.25) is 0 Å². The number of imide groups is 1. The molecule has 2 aromatic rings. The Kier molecular flexibility index (Phi) is 12.0. The third-order valence-corrected chi connectivity index (χ3v) is 9.72. The van der Waals surface area contributed by atoms with E-state index in [2.05, 4.69) is 36.3 Å². The lowest BCUT2D eigenvalue weighted by molar-refractivity contribution is -0.890. The number of benzene rings is 2. The highest BCUT2D eigenvalue weighted by Crippen LogP contribution is 2.29. The summed E-state index contributed by atoms with van der Waals surface area (Å²) in [7, 11) is 6.70. The van der Waals surface area contributed by atoms with Crippen LogP contribution in [0.1, 0.15) is 55.7 Å². The molecule has 0 saturated carbocycles. The van der Waals surface area contributed by atoms with Crippen LogP contribution in [0.4, 0.5) is 4.79 Å². The van der Waals surface area contributed by atoms with Crippen LogP contribution in [0.5, 0.6) is 0 Å². The van der Waals surface area contributed by atoms with Gasteiger partial charge < -0.3 is 19.4 Å². The number of fused-ring (bicyclic) bond motifs is 1. The van der Waals surface area contributed by atoms with E-state index in [0.29, 0.717) is 17.7 Å². The van der Waals surface area contributed by atoms with Crippen molar-refractivity contribution >= 4 is 17.9 Å². The maximum Gasteiger partial charge on any atom is 0.408 e. The second-order valence-electron chi connectivity index (χ2n) is 13.8. The number of likely N-dealkylation sites (N-methyl/N-ethyl adjacent to an activating group) is 2. The van der Waals surface area contributed by atoms with Gasteiger partial charge in [-0.2, -0.15) is 0 Å². The summed E-state index contributed by atoms with van der Waals surface area (Å²) in [6, 6.07) is 19.8. The minimum atomic E-state index is -0.368. The lowest BCUT2D eigenvalue weighted by Gasteiger charge is -2.34. The van der Waals surface area contributed by atoms with Gasteiger partial charge in [-0.3, -0.25) is 19.4 Å². The fourth-order valence-corrected chi connectivity index (χ4v) is 6.66. The highest BCUT2D eigenvalue weighted by Gasteiger charge is 2.38. The number of likely N-dealkylation sites (tertiary alicyclic amines) is 2. The molecule has 0 unspecified atom stereocenters. The Hall–Kier alpha value is -3.79. The molecule has 1 aliphatic carbocycles. The van der Waals surface area contributed by atoms with Crippen molar-refractivity contribution in [1.82, 2.24) is 20.0 Å². The molecule has 0 bridgehead atoms. The highest BCUT2D eigenvalue weighted by molar-refractivity contribution is 6.24. The first-order chi connectivity index (χ1) is 22.7. The molecule has 2 heterocycles. The number of ether oxygens (including phenoxy) is 1. The Morgan fingerprint density at radius 1 is 0.851 bits per heavy atom. The number of alkyl carbamates (subject to hydrolysis) is 1. The van der Waals surface area contributed by atoms with E-state index in [9.17, 15) is 14.4 Å². The van der Waals surface area contributed by atoms with Gasteiger partial charge in [-0.15, -0.1) is 0 Å². The molecule has 9 nitrogen and oxygen atoms in total. The molecule has 2 saturated heterocycles. The second-order valence-corrected chi connectivity index (χ2v) is 13.8. The lowest BCUT2D eigenvalue weighted by atomic mass is 9.99. The topological polar surface area (TPSA) is 82.2 Å². The summed E-state index contributed by atoms with van der Waals surface area (Å²) in [6.45, 7) is 7.38. The molecule has 3 amide bonds. The molecule has 2 fully saturated rings. The molecule has 252 valence electrons. The molecular formula is C38H52N5O4+. The summed E-state index contributed by atoms with van der Waals surface area (Å²) in [5, 5.41) is 3.10. The molecule has 5 rings (SSSR count). The van der Waals surface area contributed by atoms with Crippen molar-refractivity contribution in [3.63, 3.8) is 0 Å². The third-order valence-electron chi connectivity index (χ3n) is 9.72. The first kappa shape index (κ1) is 34.5. The van der Waals surface area contributed by atoms with E-state index in [1.807, 2.05) is 72.8 Å². The molecule has 2 aliphatic heterocycles. The fourth-order valence-electron chi connectivity index (χ4n) is 6.66. The van der Waals surface area contributed by atoms with Crippen molar-refractivity contribution in [2.24, 2.45) is 0 Å². The molecule has 47 heavy (non-hydrogen) atoms. The summed E-state index contributed by atoms with van der Waals surface area (Å²) in [4.78, 5) is 44.5. The van der Waals surface area contributed by atoms with E-state index in [4.69, 9.17) is 4.74 Å². The normalized spacial score (nSPS) is 17.6. The highest BCUT2D eigenvalue weighted by atomic mass is 16.6. The first-order valence-electron chi connectivity index (χ1n) is 17.3. The van der Waals surface area contributed by atoms with Crippen LogP contribution < -0.4 is 5.32 Å². The van der Waals surface area contributed by atoms with Crippen LogP contribution in [0.25, 0.3) is 0 Å². The van der Waals surface area contributed by atoms with Gasteiger partial charge in [0, 0.05) is 50.4 Å². The standard InChI is InChI=1S/C38H51N5O4/c1-40(27-29-43(2,3)28-13-12-22-42-36(44)33-18-10-11-19-34(33)37(42)45)25-26-41-23-20-32(21-24-41)47-38(46)39-35(30-14-6-4-7-15-30)31-16-8-5-9-17-31/h4-9,14-19,32,35H,10-13,20-29H2,1-3H3/p+1. The molecule has 0 radical (unpaired) electrons. The van der Waals surface area contributed by atoms with E-state index in [0.717, 1.165) is 99.9 Å². The SMILES string of the molecule is CN(CCN1CCC(OC(=O)NC(c2ccccc2)c2ccccc2)CC1)CC[N+](C)(C)CCCCN1C(=O)C2=CCCC=C2C1=O. The van der Waals surface area contributed by atoms with Gasteiger partial charge >= 0.3 is 6.09 Å². The van der Waals surface area contributed by atoms with E-state index in [1.54, 1.807) is 0 Å². The number of hydrogen-bond donors (Lipinski definition) is 1. The number of quaternary nitrogens is 1. The predicted octanol–water partition coefficient (Wildman–Crippen LogP) is 4.77. The summed E-state index contributed by atoms with van der Waals surface area (Å²) in [5.74, 6) is -0.233. The van der Waals surface area contributed by atoms with Gasteiger partial charge in [0.25, 0.3) is 11.8 Å². The van der Waals surface area contributed by atoms with Crippen molar-refractivity contribution in [3.05, 3.63) is 95.1 Å². The van der Waals surface area contributed by atoms with Crippen LogP contribution in [0.3, 0.4) is 0 Å². The maximum absolute atomic E-state index is 12.9. The van der Waals surface area contributed by atoms with Gasteiger partial charge in [0.15, 0.2) is 0 Å². The van der Waals surface area contributed by atoms with Crippen molar-refractivity contribution < 1.29 is 23.6 Å². The summed E-state index contributed by atoms with van der Waals surface area (Å²) >= 11 is 0. The van der Waals surface area contributed by atoms with Gasteiger partial charge in [0.05, 0.1) is 33.2 Å². The average Bonchev–Trinajstić information content (AvgIpc) is 3.33. The molecule has 0 atom stereocenters. The Bertz CT molecular complexity index is 1340. The number of unbranched alkanes of at least 4 members (excludes halogenated alkanes) is 1. The number of nitrogens with one attached hydrogen (secondary N) is 1. The van der Waals surface area contributed by atoms with Crippen LogP contribution in [0, 0.1) is 0 Å². The van der Waals surface area contributed by atoms with E-state index in [1.165, 1.54) is 4.90 Å². The maximum atomic E-state index is 12.9. The molecule has 0 spiro atoms. The minimum absolute atomic E-state index is 0.0747. The number of piperidine rings is 1. The summed E-state index contributed by atoms with van der Waals surface area (Å²) in [6.07, 6.45) is 8.55. The summed E-state index contributed by atoms with van der Waals surface area (Å²) < 4.78 is 6.79. The first-order valence-corrected chi connectivity index (χ1v) is 17.3. The van der Waals surface area contributed by atoms with Gasteiger partial charge in [-0.25, -0.2) is 4.79 Å². The quantitative estimate of drug-likeness (QED) is 0.171. The van der Waals surface area contributed by atoms with Crippen LogP contribution in [-0.4, -0.2) is 117 Å². The molecule has 9 heteroatoms. The smallest absolute Gasteiger partial charge is 0.408 e. The van der Waals surface area contributed by atoms with Crippen LogP contribution in [0.15, 0.2) is 84.0 Å². The molecule has 2 aromatic carbocycles. The van der Waals surface area contributed by atoms with Gasteiger partial charge in [0.1, 0.15) is 6.10 Å². The third kappa shape index (κ3) is 9.62. The largest absolute Gasteiger partial charge is 0.446 e. The fraction of sp³-hybridized carbons (Fsp3) is 0.500. The number of nitrogens with zero attached hydrogens (tertiary/aromatic N) is 4. The Labute approximate surface area is 280 Å². The van der Waals surface area contributed by atoms with Gasteiger partial charge in [-0.05, 0) is 56.7 Å². The lowest BCUT2D eigenvalue weighted by Crippen LogP contribution is -2.47. The second kappa shape index (κ2) is 16.4. The number of allylic oxidation sites excluding steroid dienone is 2. The molecular weight excluding hydrogens is 590 g/mol. The van der Waals surface area contributed by atoms with Crippen molar-refractivity contribution in [2.45, 2.75) is 50.7 Å². The van der Waals surface area contributed by atoms with Crippen molar-refractivity contribution in [1.29, 1.82) is 0 Å². The van der Waals surface area contributed by atoms with E-state index < -0.39 is 0 Å². The monoisotopic (exact) mass is 642 g/mol. The zero-order valence-corrected chi connectivity index (χ0v) is 28.4. The van der Waals surface area contributed by atoms with Crippen LogP contribution in [0.2, 0.25) is 0 Å². The minimum Gasteiger partial charge on any atom is -0.446 e. The van der Waals surface area contributed by atoms with E-state index >= 15 is 0 Å². The zero-order valence-electron chi connectivity index (χ0n) is 28.4. The Balaban J connectivity index is 0.955. The van der Waals surface area contributed by atoms with Crippen LogP contribution >= 0.6 is 0 Å². The predicted molar refractivity (Wildman–Crippen MR) is 184 cm³/mol. The number of carbonyl (C=O) groups is 3. The van der Waals surface area contributed by atoms with Crippen molar-refractivity contribution in [2.75, 3.05) is 73.5 Å². The molecule has 0 aromatic heterocycles. The number of hydrogen-bond acceptors (Lipinski definition) is 6. The van der Waals surface area contributed by atoms with Gasteiger partial charge in [-0.1, -0.05) is 72.8 Å². The molecule has 1 N–H and O–H groups in total. The van der Waals surface area contributed by atoms with Crippen LogP contribution in [-0.2, 0) is 14.3 Å². The number of rotatable bonds is 15. The van der Waals surface area contributed by atoms with E-state index in [-0.39, 0.29) is 30.1 Å². The Morgan fingerprint density at radius 2 is 1.43 bits per heavy atom. The molecule has 3 aliphatic rings. The average molecular weight is 643 g/mol. The Morgan fingerprint density at radius 3 is 2.00 bits per heavy atom. The summed E-state index contributed by atoms with van der Waals surface area (Å²) in [5.41, 5.74) is 3.27. The van der Waals surface area contributed by atoms with Crippen molar-refractivity contribution in [3.8, 4) is 0 Å². The zero-order chi connectivity index (χ0) is 33.2.